The first kappa shape index (κ1) is 21.8. The number of unbranched alkanes of at least 4 members (excludes halogenated alkanes) is 1. The van der Waals surface area contributed by atoms with Gasteiger partial charge in [0.25, 0.3) is 0 Å². The molecule has 0 aliphatic heterocycles. The Morgan fingerprint density at radius 1 is 0.733 bits per heavy atom. The fraction of sp³-hybridized carbons (Fsp3) is 0.321. The molecule has 0 spiro atoms. The van der Waals surface area contributed by atoms with E-state index >= 15 is 0 Å². The summed E-state index contributed by atoms with van der Waals surface area (Å²) in [6.07, 6.45) is 6.18. The molecular weight excluding hydrogens is 366 g/mol. The number of amides is 1. The van der Waals surface area contributed by atoms with Crippen molar-refractivity contribution >= 4 is 11.6 Å². The van der Waals surface area contributed by atoms with E-state index in [9.17, 15) is 4.79 Å². The quantitative estimate of drug-likeness (QED) is 0.338. The van der Waals surface area contributed by atoms with Crippen molar-refractivity contribution in [2.45, 2.75) is 52.0 Å². The number of para-hydroxylation sites is 1. The van der Waals surface area contributed by atoms with Gasteiger partial charge in [-0.05, 0) is 48.9 Å². The number of anilines is 1. The molecule has 1 atom stereocenters. The summed E-state index contributed by atoms with van der Waals surface area (Å²) >= 11 is 0. The zero-order valence-electron chi connectivity index (χ0n) is 18.0. The molecule has 0 aromatic heterocycles. The third kappa shape index (κ3) is 6.59. The van der Waals surface area contributed by atoms with Crippen LogP contribution in [0.3, 0.4) is 0 Å². The SMILES string of the molecule is CCCC[C@@H](CCCc1ccccc1)C(=O)N(Cc1ccccc1)c1ccccc1. The van der Waals surface area contributed by atoms with Gasteiger partial charge in [-0.15, -0.1) is 0 Å². The van der Waals surface area contributed by atoms with E-state index in [0.717, 1.165) is 49.8 Å². The molecule has 0 radical (unpaired) electrons. The smallest absolute Gasteiger partial charge is 0.230 e. The number of carbonyl (C=O) groups excluding carboxylic acids is 1. The number of benzene rings is 3. The third-order valence-electron chi connectivity index (χ3n) is 5.63. The van der Waals surface area contributed by atoms with Gasteiger partial charge in [-0.25, -0.2) is 0 Å². The van der Waals surface area contributed by atoms with Crippen molar-refractivity contribution in [1.29, 1.82) is 0 Å². The van der Waals surface area contributed by atoms with E-state index in [4.69, 9.17) is 0 Å². The van der Waals surface area contributed by atoms with Crippen molar-refractivity contribution in [3.8, 4) is 0 Å². The molecule has 0 heterocycles. The van der Waals surface area contributed by atoms with Gasteiger partial charge in [0.1, 0.15) is 0 Å². The van der Waals surface area contributed by atoms with E-state index in [1.54, 1.807) is 0 Å². The fourth-order valence-electron chi connectivity index (χ4n) is 3.93. The minimum atomic E-state index is 0.0672. The average Bonchev–Trinajstić information content (AvgIpc) is 2.81. The molecule has 2 nitrogen and oxygen atoms in total. The standard InChI is InChI=1S/C28H33NO/c1-2-3-19-26(20-13-18-24-14-7-4-8-15-24)28(30)29(27-21-11-6-12-22-27)23-25-16-9-5-10-17-25/h4-12,14-17,21-22,26H,2-3,13,18-20,23H2,1H3/t26-/m0/s1. The summed E-state index contributed by atoms with van der Waals surface area (Å²) in [4.78, 5) is 15.7. The van der Waals surface area contributed by atoms with Crippen molar-refractivity contribution in [3.63, 3.8) is 0 Å². The van der Waals surface area contributed by atoms with E-state index in [1.165, 1.54) is 5.56 Å². The Morgan fingerprint density at radius 2 is 1.27 bits per heavy atom. The second-order valence-electron chi connectivity index (χ2n) is 7.96. The van der Waals surface area contributed by atoms with Crippen molar-refractivity contribution < 1.29 is 4.79 Å². The number of aryl methyl sites for hydroxylation is 1. The third-order valence-corrected chi connectivity index (χ3v) is 5.63. The highest BCUT2D eigenvalue weighted by atomic mass is 16.2. The van der Waals surface area contributed by atoms with E-state index in [2.05, 4.69) is 49.4 Å². The van der Waals surface area contributed by atoms with Crippen LogP contribution in [0.5, 0.6) is 0 Å². The van der Waals surface area contributed by atoms with Gasteiger partial charge >= 0.3 is 0 Å². The molecule has 2 heteroatoms. The maximum Gasteiger partial charge on any atom is 0.230 e. The van der Waals surface area contributed by atoms with Crippen LogP contribution >= 0.6 is 0 Å². The van der Waals surface area contributed by atoms with Crippen molar-refractivity contribution in [2.24, 2.45) is 5.92 Å². The Kier molecular flexibility index (Phi) is 8.71. The Labute approximate surface area is 181 Å². The molecule has 0 aliphatic rings. The van der Waals surface area contributed by atoms with Crippen LogP contribution in [0.4, 0.5) is 5.69 Å². The molecule has 0 fully saturated rings. The Bertz CT molecular complexity index is 861. The van der Waals surface area contributed by atoms with Crippen LogP contribution in [-0.2, 0) is 17.8 Å². The molecule has 0 saturated heterocycles. The molecule has 0 N–H and O–H groups in total. The summed E-state index contributed by atoms with van der Waals surface area (Å²) in [5.41, 5.74) is 3.49. The first-order valence-corrected chi connectivity index (χ1v) is 11.2. The van der Waals surface area contributed by atoms with Gasteiger partial charge in [-0.1, -0.05) is 98.6 Å². The highest BCUT2D eigenvalue weighted by Crippen LogP contribution is 2.25. The van der Waals surface area contributed by atoms with Gasteiger partial charge < -0.3 is 4.90 Å². The summed E-state index contributed by atoms with van der Waals surface area (Å²) in [5.74, 6) is 0.323. The lowest BCUT2D eigenvalue weighted by Gasteiger charge is -2.28. The van der Waals surface area contributed by atoms with Crippen molar-refractivity contribution in [3.05, 3.63) is 102 Å². The van der Waals surface area contributed by atoms with Crippen LogP contribution < -0.4 is 4.90 Å². The van der Waals surface area contributed by atoms with Crippen molar-refractivity contribution in [1.82, 2.24) is 0 Å². The summed E-state index contributed by atoms with van der Waals surface area (Å²) in [6.45, 7) is 2.81. The van der Waals surface area contributed by atoms with Gasteiger partial charge in [-0.2, -0.15) is 0 Å². The minimum Gasteiger partial charge on any atom is -0.308 e. The summed E-state index contributed by atoms with van der Waals surface area (Å²) in [7, 11) is 0. The molecule has 3 rings (SSSR count). The van der Waals surface area contributed by atoms with Crippen LogP contribution in [0.2, 0.25) is 0 Å². The number of rotatable bonds is 11. The largest absolute Gasteiger partial charge is 0.308 e. The van der Waals surface area contributed by atoms with Crippen LogP contribution in [0.15, 0.2) is 91.0 Å². The van der Waals surface area contributed by atoms with Crippen molar-refractivity contribution in [2.75, 3.05) is 4.90 Å². The molecule has 0 bridgehead atoms. The zero-order valence-corrected chi connectivity index (χ0v) is 18.0. The lowest BCUT2D eigenvalue weighted by molar-refractivity contribution is -0.123. The molecule has 30 heavy (non-hydrogen) atoms. The van der Waals surface area contributed by atoms with E-state index in [-0.39, 0.29) is 11.8 Å². The van der Waals surface area contributed by atoms with Gasteiger partial charge in [0.05, 0.1) is 6.54 Å². The number of nitrogens with zero attached hydrogens (tertiary/aromatic N) is 1. The van der Waals surface area contributed by atoms with E-state index in [1.807, 2.05) is 53.4 Å². The molecule has 156 valence electrons. The lowest BCUT2D eigenvalue weighted by Crippen LogP contribution is -2.36. The highest BCUT2D eigenvalue weighted by molar-refractivity contribution is 5.94. The molecule has 3 aromatic carbocycles. The highest BCUT2D eigenvalue weighted by Gasteiger charge is 2.25. The Morgan fingerprint density at radius 3 is 1.87 bits per heavy atom. The Balaban J connectivity index is 1.74. The van der Waals surface area contributed by atoms with Gasteiger partial charge in [0.15, 0.2) is 0 Å². The summed E-state index contributed by atoms with van der Waals surface area (Å²) in [5, 5.41) is 0. The number of hydrogen-bond acceptors (Lipinski definition) is 1. The minimum absolute atomic E-state index is 0.0672. The van der Waals surface area contributed by atoms with Crippen LogP contribution in [-0.4, -0.2) is 5.91 Å². The fourth-order valence-corrected chi connectivity index (χ4v) is 3.93. The summed E-state index contributed by atoms with van der Waals surface area (Å²) in [6, 6.07) is 31.0. The predicted octanol–water partition coefficient (Wildman–Crippen LogP) is 7.05. The molecule has 0 aliphatic carbocycles. The maximum absolute atomic E-state index is 13.7. The van der Waals surface area contributed by atoms with E-state index in [0.29, 0.717) is 6.54 Å². The second-order valence-corrected chi connectivity index (χ2v) is 7.96. The van der Waals surface area contributed by atoms with Crippen LogP contribution in [0.25, 0.3) is 0 Å². The zero-order chi connectivity index (χ0) is 21.0. The topological polar surface area (TPSA) is 20.3 Å². The van der Waals surface area contributed by atoms with Gasteiger partial charge in [0, 0.05) is 11.6 Å². The first-order valence-electron chi connectivity index (χ1n) is 11.2. The number of carbonyl (C=O) groups is 1. The normalized spacial score (nSPS) is 11.8. The van der Waals surface area contributed by atoms with E-state index < -0.39 is 0 Å². The van der Waals surface area contributed by atoms with Gasteiger partial charge in [0.2, 0.25) is 5.91 Å². The maximum atomic E-state index is 13.7. The monoisotopic (exact) mass is 399 g/mol. The van der Waals surface area contributed by atoms with Gasteiger partial charge in [-0.3, -0.25) is 4.79 Å². The lowest BCUT2D eigenvalue weighted by atomic mass is 9.93. The molecule has 0 unspecified atom stereocenters. The molecule has 3 aromatic rings. The predicted molar refractivity (Wildman–Crippen MR) is 126 cm³/mol. The molecule has 0 saturated carbocycles. The van der Waals surface area contributed by atoms with Crippen LogP contribution in [0.1, 0.15) is 50.2 Å². The summed E-state index contributed by atoms with van der Waals surface area (Å²) < 4.78 is 0. The van der Waals surface area contributed by atoms with Crippen LogP contribution in [0, 0.1) is 5.92 Å². The number of hydrogen-bond donors (Lipinski definition) is 0. The molecular formula is C28H33NO. The Hall–Kier alpha value is -2.87. The molecule has 1 amide bonds. The average molecular weight is 400 g/mol. The first-order chi connectivity index (χ1) is 14.8. The second kappa shape index (κ2) is 12.0.